The molecule has 1 atom stereocenters. The van der Waals surface area contributed by atoms with E-state index >= 15 is 0 Å². The topological polar surface area (TPSA) is 87.0 Å². The summed E-state index contributed by atoms with van der Waals surface area (Å²) in [5, 5.41) is 18.3. The molecule has 0 saturated heterocycles. The number of aliphatic hydroxyl groups is 1. The minimum Gasteiger partial charge on any atom is -0.510 e. The molecule has 0 saturated carbocycles. The van der Waals surface area contributed by atoms with Crippen molar-refractivity contribution in [3.63, 3.8) is 0 Å². The fraction of sp³-hybridized carbons (Fsp3) is 0.444. The Morgan fingerprint density at radius 1 is 1.64 bits per heavy atom. The van der Waals surface area contributed by atoms with E-state index in [4.69, 9.17) is 5.11 Å². The van der Waals surface area contributed by atoms with Crippen molar-refractivity contribution in [3.8, 4) is 0 Å². The molecule has 2 N–H and O–H groups in total. The van der Waals surface area contributed by atoms with E-state index in [-0.39, 0.29) is 5.57 Å². The zero-order valence-electron chi connectivity index (χ0n) is 7.94. The molecule has 0 aromatic heterocycles. The van der Waals surface area contributed by atoms with Gasteiger partial charge in [-0.3, -0.25) is 4.79 Å². The minimum atomic E-state index is -1.28. The van der Waals surface area contributed by atoms with Gasteiger partial charge in [-0.25, -0.2) is 9.79 Å². The van der Waals surface area contributed by atoms with E-state index in [0.717, 1.165) is 6.21 Å². The Morgan fingerprint density at radius 2 is 2.21 bits per heavy atom. The van der Waals surface area contributed by atoms with Crippen molar-refractivity contribution >= 4 is 18.1 Å². The molecular formula is C9H11NO4. The summed E-state index contributed by atoms with van der Waals surface area (Å²) < 4.78 is 0. The third kappa shape index (κ3) is 1.30. The van der Waals surface area contributed by atoms with Crippen LogP contribution in [0, 0.1) is 5.41 Å². The number of carboxylic acid groups (broad SMARTS) is 1. The molecule has 1 unspecified atom stereocenters. The summed E-state index contributed by atoms with van der Waals surface area (Å²) in [6, 6.07) is 0. The van der Waals surface area contributed by atoms with Crippen LogP contribution in [0.4, 0.5) is 0 Å². The summed E-state index contributed by atoms with van der Waals surface area (Å²) in [6.07, 6.45) is 1.20. The standard InChI is InChI=1S/C9H11NO4/c1-3-9(2)6(11)5(7(12)13)4-10-8(9)14/h4,11H,3H2,1-2H3,(H,12,13). The molecule has 5 heteroatoms. The van der Waals surface area contributed by atoms with Crippen LogP contribution in [-0.4, -0.2) is 28.3 Å². The van der Waals surface area contributed by atoms with Crippen molar-refractivity contribution in [2.45, 2.75) is 20.3 Å². The molecule has 1 rings (SSSR count). The van der Waals surface area contributed by atoms with E-state index in [1.807, 2.05) is 0 Å². The zero-order chi connectivity index (χ0) is 10.9. The lowest BCUT2D eigenvalue weighted by Crippen LogP contribution is -2.33. The van der Waals surface area contributed by atoms with E-state index in [2.05, 4.69) is 4.99 Å². The van der Waals surface area contributed by atoms with Crippen molar-refractivity contribution in [2.75, 3.05) is 0 Å². The molecule has 1 aliphatic heterocycles. The molecule has 0 radical (unpaired) electrons. The second-order valence-corrected chi connectivity index (χ2v) is 3.32. The van der Waals surface area contributed by atoms with Crippen LogP contribution in [0.15, 0.2) is 16.3 Å². The van der Waals surface area contributed by atoms with Gasteiger partial charge in [0.15, 0.2) is 0 Å². The van der Waals surface area contributed by atoms with E-state index in [0.29, 0.717) is 6.42 Å². The van der Waals surface area contributed by atoms with Crippen LogP contribution < -0.4 is 0 Å². The highest BCUT2D eigenvalue weighted by Gasteiger charge is 2.41. The lowest BCUT2D eigenvalue weighted by molar-refractivity contribution is -0.132. The summed E-state index contributed by atoms with van der Waals surface area (Å²) in [6.45, 7) is 3.17. The summed E-state index contributed by atoms with van der Waals surface area (Å²) >= 11 is 0. The van der Waals surface area contributed by atoms with E-state index in [1.165, 1.54) is 6.92 Å². The Kier molecular flexibility index (Phi) is 2.42. The number of rotatable bonds is 2. The molecule has 14 heavy (non-hydrogen) atoms. The number of aliphatic imine (C=N–C) groups is 1. The largest absolute Gasteiger partial charge is 0.510 e. The quantitative estimate of drug-likeness (QED) is 0.688. The first kappa shape index (κ1) is 10.4. The third-order valence-corrected chi connectivity index (χ3v) is 2.50. The van der Waals surface area contributed by atoms with Crippen molar-refractivity contribution < 1.29 is 19.8 Å². The van der Waals surface area contributed by atoms with E-state index in [1.54, 1.807) is 6.92 Å². The molecule has 0 aliphatic carbocycles. The maximum absolute atomic E-state index is 11.3. The SMILES string of the molecule is CCC1(C)C(=O)N=CC(C(=O)O)=C1O. The molecule has 0 spiro atoms. The lowest BCUT2D eigenvalue weighted by atomic mass is 9.81. The summed E-state index contributed by atoms with van der Waals surface area (Å²) in [5.41, 5.74) is -1.50. The maximum atomic E-state index is 11.3. The second-order valence-electron chi connectivity index (χ2n) is 3.32. The molecule has 1 amide bonds. The number of amides is 1. The number of carboxylic acids is 1. The van der Waals surface area contributed by atoms with Gasteiger partial charge in [-0.2, -0.15) is 0 Å². The Labute approximate surface area is 80.8 Å². The number of hydrogen-bond acceptors (Lipinski definition) is 3. The van der Waals surface area contributed by atoms with E-state index < -0.39 is 23.1 Å². The van der Waals surface area contributed by atoms with Gasteiger partial charge < -0.3 is 10.2 Å². The summed E-state index contributed by atoms with van der Waals surface area (Å²) in [7, 11) is 0. The van der Waals surface area contributed by atoms with Gasteiger partial charge in [0.1, 0.15) is 16.7 Å². The molecule has 76 valence electrons. The van der Waals surface area contributed by atoms with Gasteiger partial charge in [-0.1, -0.05) is 6.92 Å². The first-order chi connectivity index (χ1) is 6.43. The molecule has 1 aliphatic rings. The van der Waals surface area contributed by atoms with Crippen molar-refractivity contribution in [1.29, 1.82) is 0 Å². The molecule has 0 fully saturated rings. The Bertz CT molecular complexity index is 356. The molecule has 0 aromatic carbocycles. The molecule has 0 aromatic rings. The zero-order valence-corrected chi connectivity index (χ0v) is 7.94. The Balaban J connectivity index is 3.29. The van der Waals surface area contributed by atoms with Crippen molar-refractivity contribution in [3.05, 3.63) is 11.3 Å². The molecule has 1 heterocycles. The van der Waals surface area contributed by atoms with Crippen LogP contribution in [0.25, 0.3) is 0 Å². The average molecular weight is 197 g/mol. The fourth-order valence-electron chi connectivity index (χ4n) is 1.20. The fourth-order valence-corrected chi connectivity index (χ4v) is 1.20. The Morgan fingerprint density at radius 3 is 2.64 bits per heavy atom. The van der Waals surface area contributed by atoms with Crippen LogP contribution in [0.1, 0.15) is 20.3 Å². The predicted octanol–water partition coefficient (Wildman–Crippen LogP) is 0.910. The Hall–Kier alpha value is -1.65. The number of dihydropyridines is 1. The number of carbonyl (C=O) groups is 2. The van der Waals surface area contributed by atoms with Crippen LogP contribution >= 0.6 is 0 Å². The number of aliphatic carboxylic acids is 1. The lowest BCUT2D eigenvalue weighted by Gasteiger charge is -2.26. The average Bonchev–Trinajstić information content (AvgIpc) is 2.14. The van der Waals surface area contributed by atoms with Crippen LogP contribution in [-0.2, 0) is 9.59 Å². The maximum Gasteiger partial charge on any atom is 0.340 e. The first-order valence-corrected chi connectivity index (χ1v) is 4.19. The number of nitrogens with zero attached hydrogens (tertiary/aromatic N) is 1. The van der Waals surface area contributed by atoms with Crippen LogP contribution in [0.2, 0.25) is 0 Å². The first-order valence-electron chi connectivity index (χ1n) is 4.19. The minimum absolute atomic E-state index is 0.311. The predicted molar refractivity (Wildman–Crippen MR) is 49.2 cm³/mol. The van der Waals surface area contributed by atoms with Gasteiger partial charge in [0, 0.05) is 6.21 Å². The van der Waals surface area contributed by atoms with Gasteiger partial charge in [-0.15, -0.1) is 0 Å². The molecular weight excluding hydrogens is 186 g/mol. The summed E-state index contributed by atoms with van der Waals surface area (Å²) in [5.74, 6) is -2.20. The van der Waals surface area contributed by atoms with Gasteiger partial charge in [0.05, 0.1) is 0 Å². The number of aliphatic hydroxyl groups excluding tert-OH is 1. The highest BCUT2D eigenvalue weighted by molar-refractivity contribution is 6.15. The molecule has 5 nitrogen and oxygen atoms in total. The smallest absolute Gasteiger partial charge is 0.340 e. The van der Waals surface area contributed by atoms with Gasteiger partial charge in [0.2, 0.25) is 0 Å². The monoisotopic (exact) mass is 197 g/mol. The summed E-state index contributed by atoms with van der Waals surface area (Å²) in [4.78, 5) is 25.4. The van der Waals surface area contributed by atoms with Gasteiger partial charge in [-0.05, 0) is 13.3 Å². The van der Waals surface area contributed by atoms with Crippen LogP contribution in [0.5, 0.6) is 0 Å². The van der Waals surface area contributed by atoms with Crippen molar-refractivity contribution in [2.24, 2.45) is 10.4 Å². The second kappa shape index (κ2) is 3.25. The molecule has 0 bridgehead atoms. The van der Waals surface area contributed by atoms with Crippen molar-refractivity contribution in [1.82, 2.24) is 0 Å². The van der Waals surface area contributed by atoms with Crippen LogP contribution in [0.3, 0.4) is 0 Å². The highest BCUT2D eigenvalue weighted by Crippen LogP contribution is 2.34. The highest BCUT2D eigenvalue weighted by atomic mass is 16.4. The van der Waals surface area contributed by atoms with E-state index in [9.17, 15) is 14.7 Å². The number of hydrogen-bond donors (Lipinski definition) is 2. The van der Waals surface area contributed by atoms with Gasteiger partial charge in [0.25, 0.3) is 5.91 Å². The van der Waals surface area contributed by atoms with Gasteiger partial charge >= 0.3 is 5.97 Å². The normalized spacial score (nSPS) is 26.9. The third-order valence-electron chi connectivity index (χ3n) is 2.50. The number of carbonyl (C=O) groups excluding carboxylic acids is 1.